The molecule has 16 heteroatoms. The van der Waals surface area contributed by atoms with E-state index in [-0.39, 0.29) is 11.6 Å². The lowest BCUT2D eigenvalue weighted by molar-refractivity contribution is 0.111. The molecule has 14 nitrogen and oxygen atoms in total. The van der Waals surface area contributed by atoms with Crippen molar-refractivity contribution in [1.82, 2.24) is 44.7 Å². The molecule has 338 valence electrons. The van der Waals surface area contributed by atoms with E-state index >= 15 is 0 Å². The number of aryl methyl sites for hydroxylation is 1. The van der Waals surface area contributed by atoms with E-state index in [2.05, 4.69) is 108 Å². The Labute approximate surface area is 389 Å². The van der Waals surface area contributed by atoms with E-state index in [1.165, 1.54) is 18.7 Å². The molecule has 0 saturated carbocycles. The SMILES string of the molecule is CS(=O)(=O)/C=C/c1ncn(C(c2ccccc2)(c2ccccc2)c2ccccc2)n1.CS(=O)(=O)CCc1ncn[nH]1.O=Cc1ncn(C(c2ccccc2)(c2ccccc2)c2ccccc2)n1. The number of H-pyrrole nitrogens is 1. The van der Waals surface area contributed by atoms with Gasteiger partial charge in [-0.1, -0.05) is 182 Å². The van der Waals surface area contributed by atoms with Gasteiger partial charge >= 0.3 is 0 Å². The predicted molar refractivity (Wildman–Crippen MR) is 258 cm³/mol. The minimum Gasteiger partial charge on any atom is -0.294 e. The van der Waals surface area contributed by atoms with E-state index < -0.39 is 30.8 Å². The lowest BCUT2D eigenvalue weighted by Crippen LogP contribution is -2.38. The Kier molecular flexibility index (Phi) is 15.0. The predicted octanol–water partition coefficient (Wildman–Crippen LogP) is 7.46. The maximum absolute atomic E-state index is 11.5. The maximum atomic E-state index is 11.5. The van der Waals surface area contributed by atoms with Crippen molar-refractivity contribution in [2.75, 3.05) is 18.3 Å². The summed E-state index contributed by atoms with van der Waals surface area (Å²) in [5, 5.41) is 16.4. The van der Waals surface area contributed by atoms with Crippen LogP contribution in [-0.4, -0.2) is 86.1 Å². The Morgan fingerprint density at radius 1 is 0.507 bits per heavy atom. The van der Waals surface area contributed by atoms with E-state index in [4.69, 9.17) is 0 Å². The lowest BCUT2D eigenvalue weighted by Gasteiger charge is -2.35. The van der Waals surface area contributed by atoms with Gasteiger partial charge in [0, 0.05) is 24.3 Å². The van der Waals surface area contributed by atoms with Crippen LogP contribution in [0.15, 0.2) is 206 Å². The molecule has 0 amide bonds. The number of benzene rings is 6. The molecule has 3 heterocycles. The van der Waals surface area contributed by atoms with Crippen LogP contribution in [0.2, 0.25) is 0 Å². The van der Waals surface area contributed by atoms with Gasteiger partial charge in [-0.3, -0.25) is 9.89 Å². The van der Waals surface area contributed by atoms with Crippen molar-refractivity contribution in [2.45, 2.75) is 17.5 Å². The molecule has 67 heavy (non-hydrogen) atoms. The largest absolute Gasteiger partial charge is 0.294 e. The van der Waals surface area contributed by atoms with Crippen molar-refractivity contribution >= 4 is 32.0 Å². The Bertz CT molecular complexity index is 3000. The summed E-state index contributed by atoms with van der Waals surface area (Å²) in [5.74, 6) is 1.21. The molecule has 0 aliphatic carbocycles. The lowest BCUT2D eigenvalue weighted by atomic mass is 9.77. The normalized spacial score (nSPS) is 11.8. The van der Waals surface area contributed by atoms with Crippen LogP contribution in [0.4, 0.5) is 0 Å². The van der Waals surface area contributed by atoms with Crippen molar-refractivity contribution in [2.24, 2.45) is 0 Å². The first-order chi connectivity index (χ1) is 32.4. The number of nitrogens with one attached hydrogen (secondary N) is 1. The molecule has 0 fully saturated rings. The molecule has 0 aliphatic heterocycles. The van der Waals surface area contributed by atoms with Crippen molar-refractivity contribution in [3.05, 3.63) is 257 Å². The van der Waals surface area contributed by atoms with Crippen LogP contribution in [0.3, 0.4) is 0 Å². The molecular weight excluding hydrogens is 883 g/mol. The highest BCUT2D eigenvalue weighted by molar-refractivity contribution is 7.93. The summed E-state index contributed by atoms with van der Waals surface area (Å²) in [6, 6.07) is 60.7. The Balaban J connectivity index is 0.000000164. The number of carbonyl (C=O) groups is 1. The molecule has 6 aromatic carbocycles. The fourth-order valence-electron chi connectivity index (χ4n) is 7.69. The second-order valence-electron chi connectivity index (χ2n) is 15.3. The van der Waals surface area contributed by atoms with Crippen LogP contribution in [0.5, 0.6) is 0 Å². The number of sulfone groups is 2. The van der Waals surface area contributed by atoms with Crippen LogP contribution in [0.1, 0.15) is 55.6 Å². The van der Waals surface area contributed by atoms with Gasteiger partial charge in [-0.15, -0.1) is 5.10 Å². The number of hydrogen-bond donors (Lipinski definition) is 1. The van der Waals surface area contributed by atoms with Gasteiger partial charge in [-0.05, 0) is 39.5 Å². The zero-order valence-electron chi connectivity index (χ0n) is 36.6. The molecule has 0 spiro atoms. The van der Waals surface area contributed by atoms with E-state index in [0.29, 0.717) is 24.4 Å². The fourth-order valence-corrected chi connectivity index (χ4v) is 8.63. The van der Waals surface area contributed by atoms with Crippen molar-refractivity contribution in [3.63, 3.8) is 0 Å². The van der Waals surface area contributed by atoms with Gasteiger partial charge in [-0.25, -0.2) is 41.2 Å². The standard InChI is InChI=1S/C24H21N3O2S.C22H17N3O.C5H9N3O2S/c1-30(28,29)18-17-23-25-19-27(26-23)24(20-11-5-2-6-12-20,21-13-7-3-8-14-21)22-15-9-4-10-16-22;26-16-21-23-17-25(24-21)22(18-10-4-1-5-11-18,19-12-6-2-7-13-19)20-14-8-3-9-15-20;1-11(9,10)3-2-5-6-4-7-8-5/h2-19H,1H3;1-17H;4H,2-3H2,1H3,(H,6,7,8)/b18-17+;;. The number of hydrogen-bond acceptors (Lipinski definition) is 11. The van der Waals surface area contributed by atoms with E-state index in [1.807, 2.05) is 109 Å². The summed E-state index contributed by atoms with van der Waals surface area (Å²) in [5.41, 5.74) is 4.69. The van der Waals surface area contributed by atoms with Gasteiger partial charge < -0.3 is 0 Å². The molecule has 1 N–H and O–H groups in total. The van der Waals surface area contributed by atoms with E-state index in [9.17, 15) is 21.6 Å². The Morgan fingerprint density at radius 2 is 0.851 bits per heavy atom. The van der Waals surface area contributed by atoms with Gasteiger partial charge in [0.25, 0.3) is 0 Å². The highest BCUT2D eigenvalue weighted by atomic mass is 32.2. The van der Waals surface area contributed by atoms with E-state index in [1.54, 1.807) is 22.0 Å². The van der Waals surface area contributed by atoms with Crippen LogP contribution in [0.25, 0.3) is 6.08 Å². The van der Waals surface area contributed by atoms with Crippen molar-refractivity contribution < 1.29 is 21.6 Å². The average Bonchev–Trinajstić information content (AvgIpc) is 4.18. The first kappa shape index (κ1) is 47.0. The summed E-state index contributed by atoms with van der Waals surface area (Å²) in [6.45, 7) is 0. The van der Waals surface area contributed by atoms with Crippen LogP contribution in [-0.2, 0) is 37.2 Å². The van der Waals surface area contributed by atoms with Crippen LogP contribution in [0, 0.1) is 0 Å². The second-order valence-corrected chi connectivity index (χ2v) is 19.5. The van der Waals surface area contributed by atoms with Gasteiger partial charge in [0.1, 0.15) is 45.7 Å². The second kappa shape index (κ2) is 21.4. The summed E-state index contributed by atoms with van der Waals surface area (Å²) in [7, 11) is -6.16. The summed E-state index contributed by atoms with van der Waals surface area (Å²) in [6.07, 6.45) is 9.45. The number of aromatic amines is 1. The highest BCUT2D eigenvalue weighted by Gasteiger charge is 2.41. The molecule has 9 rings (SSSR count). The monoisotopic (exact) mass is 929 g/mol. The first-order valence-corrected chi connectivity index (χ1v) is 25.0. The summed E-state index contributed by atoms with van der Waals surface area (Å²) < 4.78 is 48.0. The molecule has 0 unspecified atom stereocenters. The molecule has 0 saturated heterocycles. The van der Waals surface area contributed by atoms with Crippen molar-refractivity contribution in [1.29, 1.82) is 0 Å². The third-order valence-electron chi connectivity index (χ3n) is 10.6. The fraction of sp³-hybridized carbons (Fsp3) is 0.118. The minimum atomic E-state index is -3.27. The maximum Gasteiger partial charge on any atom is 0.214 e. The van der Waals surface area contributed by atoms with E-state index in [0.717, 1.165) is 45.0 Å². The van der Waals surface area contributed by atoms with Gasteiger partial charge in [0.05, 0.1) is 5.75 Å². The number of aldehydes is 1. The quantitative estimate of drug-likeness (QED) is 0.0843. The third kappa shape index (κ3) is 11.3. The zero-order valence-corrected chi connectivity index (χ0v) is 38.3. The van der Waals surface area contributed by atoms with Crippen LogP contribution >= 0.6 is 0 Å². The molecule has 3 aromatic heterocycles. The average molecular weight is 930 g/mol. The molecule has 0 aliphatic rings. The topological polar surface area (TPSA) is 188 Å². The number of carbonyl (C=O) groups excluding carboxylic acids is 1. The van der Waals surface area contributed by atoms with Crippen LogP contribution < -0.4 is 0 Å². The highest BCUT2D eigenvalue weighted by Crippen LogP contribution is 2.41. The Hall–Kier alpha value is -7.95. The first-order valence-electron chi connectivity index (χ1n) is 21.0. The van der Waals surface area contributed by atoms with Crippen molar-refractivity contribution in [3.8, 4) is 0 Å². The number of nitrogens with zero attached hydrogens (tertiary/aromatic N) is 8. The molecule has 9 aromatic rings. The third-order valence-corrected chi connectivity index (χ3v) is 12.2. The molecular formula is C51H47N9O5S2. The Morgan fingerprint density at radius 3 is 1.13 bits per heavy atom. The molecule has 0 radical (unpaired) electrons. The summed E-state index contributed by atoms with van der Waals surface area (Å²) >= 11 is 0. The van der Waals surface area contributed by atoms with Gasteiger partial charge in [0.2, 0.25) is 5.82 Å². The molecule has 0 bridgehead atoms. The number of aromatic nitrogens is 9. The van der Waals surface area contributed by atoms with Gasteiger partial charge in [-0.2, -0.15) is 10.2 Å². The summed E-state index contributed by atoms with van der Waals surface area (Å²) in [4.78, 5) is 23.5. The minimum absolute atomic E-state index is 0.113. The van der Waals surface area contributed by atoms with Gasteiger partial charge in [0.15, 0.2) is 21.9 Å². The smallest absolute Gasteiger partial charge is 0.214 e. The molecule has 0 atom stereocenters. The number of rotatable bonds is 14. The zero-order chi connectivity index (χ0) is 47.2.